The second-order valence-corrected chi connectivity index (χ2v) is 6.57. The minimum atomic E-state index is -0.529. The number of fused-ring (bicyclic) bond motifs is 1. The molecule has 0 saturated carbocycles. The van der Waals surface area contributed by atoms with Crippen molar-refractivity contribution >= 4 is 34.8 Å². The highest BCUT2D eigenvalue weighted by Crippen LogP contribution is 2.30. The molecule has 3 heterocycles. The van der Waals surface area contributed by atoms with Crippen molar-refractivity contribution in [3.63, 3.8) is 0 Å². The molecule has 0 spiro atoms. The summed E-state index contributed by atoms with van der Waals surface area (Å²) in [5, 5.41) is 4.52. The van der Waals surface area contributed by atoms with Crippen LogP contribution < -0.4 is 21.4 Å². The number of amides is 1. The number of H-pyrrole nitrogens is 2. The molecular formula is C22H20N4O3. The summed E-state index contributed by atoms with van der Waals surface area (Å²) in [6.45, 7) is 5.51. The van der Waals surface area contributed by atoms with E-state index in [0.717, 1.165) is 21.6 Å². The summed E-state index contributed by atoms with van der Waals surface area (Å²) < 4.78 is 5.18. The molecule has 0 aliphatic heterocycles. The lowest BCUT2D eigenvalue weighted by Crippen LogP contribution is -2.24. The number of pyridine rings is 1. The zero-order chi connectivity index (χ0) is 20.5. The van der Waals surface area contributed by atoms with Crippen LogP contribution in [0.4, 0.5) is 5.69 Å². The molecule has 146 valence electrons. The normalized spacial score (nSPS) is 12.7. The Hall–Kier alpha value is -3.87. The molecule has 0 radical (unpaired) electrons. The lowest BCUT2D eigenvalue weighted by atomic mass is 10.0. The summed E-state index contributed by atoms with van der Waals surface area (Å²) >= 11 is 0. The Kier molecular flexibility index (Phi) is 4.64. The molecule has 4 aromatic rings. The van der Waals surface area contributed by atoms with E-state index in [1.807, 2.05) is 56.3 Å². The van der Waals surface area contributed by atoms with Crippen molar-refractivity contribution in [1.29, 1.82) is 0 Å². The molecule has 3 N–H and O–H groups in total. The maximum atomic E-state index is 13.0. The van der Waals surface area contributed by atoms with Crippen LogP contribution in [0.15, 0.2) is 45.9 Å². The smallest absolute Gasteiger partial charge is 0.293 e. The van der Waals surface area contributed by atoms with E-state index >= 15 is 0 Å². The molecule has 7 heteroatoms. The van der Waals surface area contributed by atoms with Gasteiger partial charge in [0.05, 0.1) is 16.7 Å². The van der Waals surface area contributed by atoms with E-state index in [2.05, 4.69) is 20.3 Å². The maximum absolute atomic E-state index is 13.0. The number of carbonyl (C=O) groups is 1. The van der Waals surface area contributed by atoms with Gasteiger partial charge in [-0.05, 0) is 26.3 Å². The average molecular weight is 388 g/mol. The fourth-order valence-corrected chi connectivity index (χ4v) is 3.50. The third kappa shape index (κ3) is 3.06. The van der Waals surface area contributed by atoms with E-state index in [-0.39, 0.29) is 11.4 Å². The molecule has 0 atom stereocenters. The molecule has 0 saturated heterocycles. The SMILES string of the molecule is CC=c1[nH]c2c(-c3ccccc3)c(NC(=O)c3ocnc3C)c(=O)[nH]c2c1=CC. The van der Waals surface area contributed by atoms with Crippen LogP contribution in [0, 0.1) is 6.92 Å². The van der Waals surface area contributed by atoms with E-state index in [9.17, 15) is 9.59 Å². The van der Waals surface area contributed by atoms with Crippen molar-refractivity contribution in [2.45, 2.75) is 20.8 Å². The minimum Gasteiger partial charge on any atom is -0.438 e. The monoisotopic (exact) mass is 388 g/mol. The van der Waals surface area contributed by atoms with Gasteiger partial charge in [-0.3, -0.25) is 9.59 Å². The van der Waals surface area contributed by atoms with Gasteiger partial charge < -0.3 is 19.7 Å². The first-order chi connectivity index (χ1) is 14.0. The number of anilines is 1. The number of nitrogens with zero attached hydrogens (tertiary/aromatic N) is 1. The number of nitrogens with one attached hydrogen (secondary N) is 3. The lowest BCUT2D eigenvalue weighted by Gasteiger charge is -2.11. The first-order valence-corrected chi connectivity index (χ1v) is 9.22. The van der Waals surface area contributed by atoms with Gasteiger partial charge in [-0.25, -0.2) is 4.98 Å². The maximum Gasteiger partial charge on any atom is 0.293 e. The van der Waals surface area contributed by atoms with Gasteiger partial charge in [-0.1, -0.05) is 42.5 Å². The third-order valence-corrected chi connectivity index (χ3v) is 4.86. The Balaban J connectivity index is 2.04. The number of rotatable bonds is 3. The zero-order valence-corrected chi connectivity index (χ0v) is 16.3. The van der Waals surface area contributed by atoms with Crippen molar-refractivity contribution in [3.8, 4) is 11.1 Å². The van der Waals surface area contributed by atoms with E-state index in [0.29, 0.717) is 16.8 Å². The highest BCUT2D eigenvalue weighted by Gasteiger charge is 2.21. The van der Waals surface area contributed by atoms with Gasteiger partial charge in [0, 0.05) is 16.1 Å². The summed E-state index contributed by atoms with van der Waals surface area (Å²) in [5.74, 6) is -0.460. The molecule has 0 aliphatic carbocycles. The average Bonchev–Trinajstić information content (AvgIpc) is 3.31. The van der Waals surface area contributed by atoms with Crippen LogP contribution >= 0.6 is 0 Å². The van der Waals surface area contributed by atoms with E-state index in [1.54, 1.807) is 6.92 Å². The standard InChI is InChI=1S/C22H20N4O3/c1-4-14-15(5-2)24-18-16(13-9-7-6-8-10-13)19(21(27)25-17(14)18)26-22(28)20-12(3)23-11-29-20/h4-11,24H,1-3H3,(H,25,27)(H,26,28). The first kappa shape index (κ1) is 18.5. The van der Waals surface area contributed by atoms with Gasteiger partial charge >= 0.3 is 0 Å². The minimum absolute atomic E-state index is 0.0696. The number of aromatic amines is 2. The van der Waals surface area contributed by atoms with Gasteiger partial charge in [-0.2, -0.15) is 0 Å². The molecule has 1 amide bonds. The fraction of sp³-hybridized carbons (Fsp3) is 0.136. The molecule has 0 bridgehead atoms. The van der Waals surface area contributed by atoms with Crippen molar-refractivity contribution in [2.75, 3.05) is 5.32 Å². The summed E-state index contributed by atoms with van der Waals surface area (Å²) in [6, 6.07) is 9.47. The highest BCUT2D eigenvalue weighted by molar-refractivity contribution is 6.08. The molecule has 7 nitrogen and oxygen atoms in total. The van der Waals surface area contributed by atoms with Crippen LogP contribution in [0.2, 0.25) is 0 Å². The first-order valence-electron chi connectivity index (χ1n) is 9.22. The second-order valence-electron chi connectivity index (χ2n) is 6.57. The van der Waals surface area contributed by atoms with Gasteiger partial charge in [0.2, 0.25) is 5.76 Å². The Bertz CT molecular complexity index is 1390. The van der Waals surface area contributed by atoms with Crippen LogP contribution in [0.1, 0.15) is 30.1 Å². The van der Waals surface area contributed by atoms with Crippen LogP contribution in [0.5, 0.6) is 0 Å². The number of aryl methyl sites for hydroxylation is 1. The summed E-state index contributed by atoms with van der Waals surface area (Å²) in [5.41, 5.74) is 3.06. The number of benzene rings is 1. The van der Waals surface area contributed by atoms with Gasteiger partial charge in [0.15, 0.2) is 6.39 Å². The zero-order valence-electron chi connectivity index (χ0n) is 16.3. The summed E-state index contributed by atoms with van der Waals surface area (Å²) in [4.78, 5) is 36.0. The number of aromatic nitrogens is 3. The van der Waals surface area contributed by atoms with Crippen molar-refractivity contribution in [1.82, 2.24) is 15.0 Å². The Morgan fingerprint density at radius 2 is 1.86 bits per heavy atom. The van der Waals surface area contributed by atoms with Crippen LogP contribution in [-0.4, -0.2) is 20.9 Å². The fourth-order valence-electron chi connectivity index (χ4n) is 3.50. The van der Waals surface area contributed by atoms with Crippen LogP contribution in [0.25, 0.3) is 34.3 Å². The van der Waals surface area contributed by atoms with Gasteiger partial charge in [0.1, 0.15) is 5.69 Å². The Morgan fingerprint density at radius 1 is 1.10 bits per heavy atom. The number of oxazole rings is 1. The Morgan fingerprint density at radius 3 is 2.48 bits per heavy atom. The van der Waals surface area contributed by atoms with Crippen LogP contribution in [0.3, 0.4) is 0 Å². The van der Waals surface area contributed by atoms with Gasteiger partial charge in [0.25, 0.3) is 11.5 Å². The quantitative estimate of drug-likeness (QED) is 0.502. The van der Waals surface area contributed by atoms with Crippen molar-refractivity contribution < 1.29 is 9.21 Å². The third-order valence-electron chi connectivity index (χ3n) is 4.86. The number of carbonyl (C=O) groups excluding carboxylic acids is 1. The molecule has 0 unspecified atom stereocenters. The van der Waals surface area contributed by atoms with Crippen molar-refractivity contribution in [2.24, 2.45) is 0 Å². The Labute approximate surface area is 165 Å². The lowest BCUT2D eigenvalue weighted by molar-refractivity contribution is 0.0995. The second kappa shape index (κ2) is 7.27. The largest absolute Gasteiger partial charge is 0.438 e. The predicted octanol–water partition coefficient (Wildman–Crippen LogP) is 2.67. The van der Waals surface area contributed by atoms with Crippen molar-refractivity contribution in [3.05, 3.63) is 69.1 Å². The van der Waals surface area contributed by atoms with Crippen LogP contribution in [-0.2, 0) is 0 Å². The predicted molar refractivity (Wildman–Crippen MR) is 113 cm³/mol. The highest BCUT2D eigenvalue weighted by atomic mass is 16.3. The molecular weight excluding hydrogens is 368 g/mol. The molecule has 4 rings (SSSR count). The van der Waals surface area contributed by atoms with E-state index < -0.39 is 11.5 Å². The van der Waals surface area contributed by atoms with Gasteiger partial charge in [-0.15, -0.1) is 0 Å². The molecule has 29 heavy (non-hydrogen) atoms. The van der Waals surface area contributed by atoms with E-state index in [4.69, 9.17) is 4.42 Å². The number of hydrogen-bond acceptors (Lipinski definition) is 4. The topological polar surface area (TPSA) is 104 Å². The number of hydrogen-bond donors (Lipinski definition) is 3. The molecule has 0 aliphatic rings. The summed E-state index contributed by atoms with van der Waals surface area (Å²) in [6.07, 6.45) is 5.08. The summed E-state index contributed by atoms with van der Waals surface area (Å²) in [7, 11) is 0. The molecule has 3 aromatic heterocycles. The molecule has 1 aromatic carbocycles. The molecule has 0 fully saturated rings. The van der Waals surface area contributed by atoms with E-state index in [1.165, 1.54) is 6.39 Å².